The molecule has 0 saturated heterocycles. The van der Waals surface area contributed by atoms with Gasteiger partial charge < -0.3 is 20.3 Å². The van der Waals surface area contributed by atoms with Crippen molar-refractivity contribution < 1.29 is 14.9 Å². The van der Waals surface area contributed by atoms with Gasteiger partial charge in [0.1, 0.15) is 0 Å². The molecule has 1 atom stereocenters. The van der Waals surface area contributed by atoms with E-state index in [9.17, 15) is 5.11 Å². The first kappa shape index (κ1) is 14.8. The van der Waals surface area contributed by atoms with Crippen molar-refractivity contribution in [1.82, 2.24) is 5.32 Å². The molecule has 0 bridgehead atoms. The number of aliphatic hydroxyl groups is 1. The summed E-state index contributed by atoms with van der Waals surface area (Å²) in [5, 5.41) is 21.8. The number of hydrogen-bond donors (Lipinski definition) is 3. The fourth-order valence-electron chi connectivity index (χ4n) is 1.89. The number of aliphatic hydroxyl groups excluding tert-OH is 1. The van der Waals surface area contributed by atoms with Crippen molar-refractivity contribution in [2.75, 3.05) is 20.3 Å². The first-order chi connectivity index (χ1) is 8.71. The molecule has 4 nitrogen and oxygen atoms in total. The molecular weight excluding hydrogens is 230 g/mol. The molecule has 4 heteroatoms. The lowest BCUT2D eigenvalue weighted by Gasteiger charge is -2.14. The number of rotatable bonds is 8. The molecule has 0 fully saturated rings. The van der Waals surface area contributed by atoms with Gasteiger partial charge in [-0.2, -0.15) is 0 Å². The van der Waals surface area contributed by atoms with E-state index in [-0.39, 0.29) is 12.4 Å². The number of phenolic OH excluding ortho intramolecular Hbond substituents is 1. The van der Waals surface area contributed by atoms with E-state index in [2.05, 4.69) is 12.2 Å². The molecule has 3 N–H and O–H groups in total. The van der Waals surface area contributed by atoms with Crippen LogP contribution >= 0.6 is 0 Å². The molecule has 0 aliphatic rings. The first-order valence-corrected chi connectivity index (χ1v) is 6.38. The zero-order chi connectivity index (χ0) is 13.4. The zero-order valence-electron chi connectivity index (χ0n) is 11.1. The Labute approximate surface area is 109 Å². The van der Waals surface area contributed by atoms with Crippen molar-refractivity contribution in [3.05, 3.63) is 23.8 Å². The van der Waals surface area contributed by atoms with Gasteiger partial charge in [-0.25, -0.2) is 0 Å². The topological polar surface area (TPSA) is 61.7 Å². The quantitative estimate of drug-likeness (QED) is 0.662. The van der Waals surface area contributed by atoms with Crippen LogP contribution in [0.4, 0.5) is 0 Å². The van der Waals surface area contributed by atoms with Gasteiger partial charge in [0, 0.05) is 13.2 Å². The third-order valence-corrected chi connectivity index (χ3v) is 3.12. The summed E-state index contributed by atoms with van der Waals surface area (Å²) < 4.78 is 5.06. The first-order valence-electron chi connectivity index (χ1n) is 6.38. The Morgan fingerprint density at radius 3 is 2.78 bits per heavy atom. The third kappa shape index (κ3) is 4.55. The lowest BCUT2D eigenvalue weighted by atomic mass is 10.0. The SMILES string of the molecule is CCC(CCO)CNCc1ccc(O)c(OC)c1. The van der Waals surface area contributed by atoms with Crippen LogP contribution in [0.15, 0.2) is 18.2 Å². The largest absolute Gasteiger partial charge is 0.504 e. The molecule has 0 saturated carbocycles. The number of aromatic hydroxyl groups is 1. The van der Waals surface area contributed by atoms with E-state index in [4.69, 9.17) is 9.84 Å². The van der Waals surface area contributed by atoms with Gasteiger partial charge >= 0.3 is 0 Å². The van der Waals surface area contributed by atoms with E-state index in [1.165, 1.54) is 0 Å². The fourth-order valence-corrected chi connectivity index (χ4v) is 1.89. The van der Waals surface area contributed by atoms with Gasteiger partial charge in [0.15, 0.2) is 11.5 Å². The van der Waals surface area contributed by atoms with Gasteiger partial charge in [-0.3, -0.25) is 0 Å². The number of hydrogen-bond acceptors (Lipinski definition) is 4. The summed E-state index contributed by atoms with van der Waals surface area (Å²) in [6, 6.07) is 5.34. The summed E-state index contributed by atoms with van der Waals surface area (Å²) in [5.41, 5.74) is 1.07. The van der Waals surface area contributed by atoms with Crippen molar-refractivity contribution in [3.63, 3.8) is 0 Å². The van der Waals surface area contributed by atoms with Crippen LogP contribution in [0.2, 0.25) is 0 Å². The Bertz CT molecular complexity index is 355. The monoisotopic (exact) mass is 253 g/mol. The van der Waals surface area contributed by atoms with Gasteiger partial charge in [-0.15, -0.1) is 0 Å². The Morgan fingerprint density at radius 2 is 2.17 bits per heavy atom. The van der Waals surface area contributed by atoms with Gasteiger partial charge in [0.05, 0.1) is 7.11 Å². The van der Waals surface area contributed by atoms with E-state index >= 15 is 0 Å². The van der Waals surface area contributed by atoms with E-state index in [1.807, 2.05) is 12.1 Å². The molecule has 18 heavy (non-hydrogen) atoms. The smallest absolute Gasteiger partial charge is 0.160 e. The van der Waals surface area contributed by atoms with Crippen molar-refractivity contribution in [3.8, 4) is 11.5 Å². The van der Waals surface area contributed by atoms with Gasteiger partial charge in [0.25, 0.3) is 0 Å². The molecule has 1 aromatic carbocycles. The summed E-state index contributed by atoms with van der Waals surface area (Å²) in [5.74, 6) is 1.17. The maximum atomic E-state index is 9.48. The second-order valence-electron chi connectivity index (χ2n) is 4.42. The summed E-state index contributed by atoms with van der Waals surface area (Å²) in [7, 11) is 1.54. The summed E-state index contributed by atoms with van der Waals surface area (Å²) >= 11 is 0. The minimum atomic E-state index is 0.160. The van der Waals surface area contributed by atoms with Gasteiger partial charge in [0.2, 0.25) is 0 Å². The number of ether oxygens (including phenoxy) is 1. The van der Waals surface area contributed by atoms with Crippen molar-refractivity contribution in [2.24, 2.45) is 5.92 Å². The van der Waals surface area contributed by atoms with E-state index in [1.54, 1.807) is 13.2 Å². The standard InChI is InChI=1S/C14H23NO3/c1-3-11(6-7-16)9-15-10-12-4-5-13(17)14(8-12)18-2/h4-5,8,11,15-17H,3,6-7,9-10H2,1-2H3. The minimum Gasteiger partial charge on any atom is -0.504 e. The van der Waals surface area contributed by atoms with Crippen LogP contribution in [0, 0.1) is 5.92 Å². The lowest BCUT2D eigenvalue weighted by Crippen LogP contribution is -2.22. The average molecular weight is 253 g/mol. The molecule has 1 aromatic rings. The third-order valence-electron chi connectivity index (χ3n) is 3.12. The molecule has 0 aromatic heterocycles. The molecule has 0 aliphatic heterocycles. The van der Waals surface area contributed by atoms with Crippen LogP contribution < -0.4 is 10.1 Å². The van der Waals surface area contributed by atoms with Crippen LogP contribution in [0.25, 0.3) is 0 Å². The van der Waals surface area contributed by atoms with E-state index in [0.717, 1.165) is 31.5 Å². The molecule has 0 aliphatic carbocycles. The Kier molecular flexibility index (Phi) is 6.54. The predicted octanol–water partition coefficient (Wildman–Crippen LogP) is 1.90. The number of nitrogens with one attached hydrogen (secondary N) is 1. The predicted molar refractivity (Wildman–Crippen MR) is 71.8 cm³/mol. The highest BCUT2D eigenvalue weighted by Crippen LogP contribution is 2.26. The second-order valence-corrected chi connectivity index (χ2v) is 4.42. The van der Waals surface area contributed by atoms with Crippen molar-refractivity contribution in [1.29, 1.82) is 0 Å². The van der Waals surface area contributed by atoms with Crippen molar-refractivity contribution >= 4 is 0 Å². The number of benzene rings is 1. The van der Waals surface area contributed by atoms with Crippen molar-refractivity contribution in [2.45, 2.75) is 26.3 Å². The van der Waals surface area contributed by atoms with Gasteiger partial charge in [-0.1, -0.05) is 19.4 Å². The van der Waals surface area contributed by atoms with E-state index in [0.29, 0.717) is 11.7 Å². The minimum absolute atomic E-state index is 0.160. The second kappa shape index (κ2) is 7.95. The summed E-state index contributed by atoms with van der Waals surface area (Å²) in [6.07, 6.45) is 1.90. The normalized spacial score (nSPS) is 12.4. The highest BCUT2D eigenvalue weighted by Gasteiger charge is 2.06. The van der Waals surface area contributed by atoms with E-state index < -0.39 is 0 Å². The Morgan fingerprint density at radius 1 is 1.39 bits per heavy atom. The Hall–Kier alpha value is -1.26. The maximum Gasteiger partial charge on any atom is 0.160 e. The highest BCUT2D eigenvalue weighted by atomic mass is 16.5. The maximum absolute atomic E-state index is 9.48. The van der Waals surface area contributed by atoms with Crippen LogP contribution in [0.3, 0.4) is 0 Å². The molecule has 0 spiro atoms. The van der Waals surface area contributed by atoms with Gasteiger partial charge in [-0.05, 0) is 36.6 Å². The summed E-state index contributed by atoms with van der Waals surface area (Å²) in [4.78, 5) is 0. The van der Waals surface area contributed by atoms with Crippen LogP contribution in [-0.4, -0.2) is 30.5 Å². The molecule has 0 amide bonds. The zero-order valence-corrected chi connectivity index (χ0v) is 11.1. The molecular formula is C14H23NO3. The lowest BCUT2D eigenvalue weighted by molar-refractivity contribution is 0.251. The fraction of sp³-hybridized carbons (Fsp3) is 0.571. The number of phenols is 1. The molecule has 1 unspecified atom stereocenters. The molecule has 102 valence electrons. The highest BCUT2D eigenvalue weighted by molar-refractivity contribution is 5.41. The molecule has 1 rings (SSSR count). The van der Waals surface area contributed by atoms with Crippen LogP contribution in [0.1, 0.15) is 25.3 Å². The van der Waals surface area contributed by atoms with Crippen LogP contribution in [0.5, 0.6) is 11.5 Å². The molecule has 0 radical (unpaired) electrons. The average Bonchev–Trinajstić information content (AvgIpc) is 2.39. The molecule has 0 heterocycles. The summed E-state index contributed by atoms with van der Waals surface area (Å²) in [6.45, 7) is 4.00. The van der Waals surface area contributed by atoms with Crippen LogP contribution in [-0.2, 0) is 6.54 Å². The number of methoxy groups -OCH3 is 1. The Balaban J connectivity index is 2.43.